The van der Waals surface area contributed by atoms with E-state index < -0.39 is 6.10 Å². The number of carbonyl (C=O) groups excluding carboxylic acids is 1. The van der Waals surface area contributed by atoms with E-state index in [9.17, 15) is 9.90 Å². The molecule has 0 saturated carbocycles. The molecule has 0 aromatic carbocycles. The number of rotatable bonds is 5. The highest BCUT2D eigenvalue weighted by Gasteiger charge is 2.32. The third-order valence-electron chi connectivity index (χ3n) is 4.56. The third kappa shape index (κ3) is 3.67. The Balaban J connectivity index is 2.07. The zero-order valence-corrected chi connectivity index (χ0v) is 14.1. The second-order valence-corrected chi connectivity index (χ2v) is 6.40. The number of aliphatic hydroxyl groups excluding tert-OH is 1. The molecule has 1 aromatic rings. The molecule has 1 N–H and O–H groups in total. The van der Waals surface area contributed by atoms with Crippen molar-refractivity contribution in [3.63, 3.8) is 0 Å². The SMILES string of the molecule is CCN1CCN(C(=O)C[C@@H](O)C(C)C)C[C@H]1c1nccn1C. The highest BCUT2D eigenvalue weighted by Crippen LogP contribution is 2.24. The first-order valence-electron chi connectivity index (χ1n) is 8.11. The fraction of sp³-hybridized carbons (Fsp3) is 0.750. The number of aryl methyl sites for hydroxylation is 1. The van der Waals surface area contributed by atoms with Crippen LogP contribution in [0.4, 0.5) is 0 Å². The number of imidazole rings is 1. The van der Waals surface area contributed by atoms with Crippen molar-refractivity contribution in [3.05, 3.63) is 18.2 Å². The molecule has 1 fully saturated rings. The number of aromatic nitrogens is 2. The zero-order chi connectivity index (χ0) is 16.3. The van der Waals surface area contributed by atoms with E-state index in [4.69, 9.17) is 0 Å². The Morgan fingerprint density at radius 3 is 2.73 bits per heavy atom. The number of amides is 1. The Hall–Kier alpha value is -1.40. The van der Waals surface area contributed by atoms with Crippen LogP contribution in [0.5, 0.6) is 0 Å². The standard InChI is InChI=1S/C16H28N4O2/c1-5-19-8-9-20(15(22)10-14(21)12(2)3)11-13(19)16-17-6-7-18(16)4/h6-7,12-14,21H,5,8-11H2,1-4H3/t13-,14+/m0/s1. The van der Waals surface area contributed by atoms with Gasteiger partial charge < -0.3 is 14.6 Å². The second kappa shape index (κ2) is 7.24. The number of aliphatic hydroxyl groups is 1. The van der Waals surface area contributed by atoms with E-state index in [0.717, 1.165) is 25.5 Å². The first-order valence-corrected chi connectivity index (χ1v) is 8.11. The molecule has 1 aliphatic rings. The Kier molecular flexibility index (Phi) is 5.58. The highest BCUT2D eigenvalue weighted by molar-refractivity contribution is 5.76. The normalized spacial score (nSPS) is 21.4. The quantitative estimate of drug-likeness (QED) is 0.882. The van der Waals surface area contributed by atoms with Gasteiger partial charge in [0.25, 0.3) is 0 Å². The molecule has 2 rings (SSSR count). The summed E-state index contributed by atoms with van der Waals surface area (Å²) in [7, 11) is 1.99. The van der Waals surface area contributed by atoms with Crippen molar-refractivity contribution in [3.8, 4) is 0 Å². The first-order chi connectivity index (χ1) is 10.4. The molecular formula is C16H28N4O2. The van der Waals surface area contributed by atoms with Gasteiger partial charge in [0.1, 0.15) is 5.82 Å². The molecule has 1 amide bonds. The molecule has 1 aliphatic heterocycles. The second-order valence-electron chi connectivity index (χ2n) is 6.40. The van der Waals surface area contributed by atoms with Gasteiger partial charge >= 0.3 is 0 Å². The van der Waals surface area contributed by atoms with E-state index in [1.165, 1.54) is 0 Å². The van der Waals surface area contributed by atoms with Crippen molar-refractivity contribution in [2.24, 2.45) is 13.0 Å². The van der Waals surface area contributed by atoms with Crippen LogP contribution in [0.25, 0.3) is 0 Å². The van der Waals surface area contributed by atoms with Gasteiger partial charge in [0.15, 0.2) is 0 Å². The van der Waals surface area contributed by atoms with E-state index in [1.807, 2.05) is 36.6 Å². The Morgan fingerprint density at radius 2 is 2.18 bits per heavy atom. The summed E-state index contributed by atoms with van der Waals surface area (Å²) in [5.74, 6) is 1.13. The van der Waals surface area contributed by atoms with Gasteiger partial charge in [0.05, 0.1) is 18.6 Å². The lowest BCUT2D eigenvalue weighted by Gasteiger charge is -2.40. The maximum atomic E-state index is 12.4. The lowest BCUT2D eigenvalue weighted by molar-refractivity contribution is -0.137. The van der Waals surface area contributed by atoms with Crippen molar-refractivity contribution in [2.75, 3.05) is 26.2 Å². The van der Waals surface area contributed by atoms with Crippen molar-refractivity contribution in [1.82, 2.24) is 19.4 Å². The molecule has 0 unspecified atom stereocenters. The van der Waals surface area contributed by atoms with Crippen LogP contribution >= 0.6 is 0 Å². The van der Waals surface area contributed by atoms with Crippen LogP contribution < -0.4 is 0 Å². The molecule has 2 heterocycles. The molecule has 0 spiro atoms. The summed E-state index contributed by atoms with van der Waals surface area (Å²) in [5, 5.41) is 9.95. The fourth-order valence-electron chi connectivity index (χ4n) is 2.91. The lowest BCUT2D eigenvalue weighted by atomic mass is 10.0. The molecule has 6 heteroatoms. The van der Waals surface area contributed by atoms with Crippen LogP contribution in [0.1, 0.15) is 39.1 Å². The average Bonchev–Trinajstić information content (AvgIpc) is 2.92. The summed E-state index contributed by atoms with van der Waals surface area (Å²) in [6.07, 6.45) is 3.37. The first kappa shape index (κ1) is 17.0. The Bertz CT molecular complexity index is 500. The summed E-state index contributed by atoms with van der Waals surface area (Å²) in [6.45, 7) is 9.15. The third-order valence-corrected chi connectivity index (χ3v) is 4.56. The molecule has 6 nitrogen and oxygen atoms in total. The molecule has 2 atom stereocenters. The van der Waals surface area contributed by atoms with Gasteiger partial charge in [-0.1, -0.05) is 20.8 Å². The molecule has 124 valence electrons. The minimum absolute atomic E-state index is 0.0381. The molecule has 0 bridgehead atoms. The summed E-state index contributed by atoms with van der Waals surface area (Å²) in [6, 6.07) is 0.124. The van der Waals surface area contributed by atoms with Crippen LogP contribution in [0.15, 0.2) is 12.4 Å². The van der Waals surface area contributed by atoms with Crippen LogP contribution in [0.2, 0.25) is 0 Å². The van der Waals surface area contributed by atoms with Gasteiger partial charge in [-0.3, -0.25) is 9.69 Å². The fourth-order valence-corrected chi connectivity index (χ4v) is 2.91. The monoisotopic (exact) mass is 308 g/mol. The van der Waals surface area contributed by atoms with Gasteiger partial charge in [0, 0.05) is 39.1 Å². The maximum Gasteiger partial charge on any atom is 0.225 e. The number of hydrogen-bond donors (Lipinski definition) is 1. The number of nitrogens with zero attached hydrogens (tertiary/aromatic N) is 4. The molecule has 1 saturated heterocycles. The zero-order valence-electron chi connectivity index (χ0n) is 14.1. The largest absolute Gasteiger partial charge is 0.392 e. The Morgan fingerprint density at radius 1 is 1.45 bits per heavy atom. The predicted molar refractivity (Wildman–Crippen MR) is 85.2 cm³/mol. The minimum atomic E-state index is -0.566. The van der Waals surface area contributed by atoms with E-state index in [1.54, 1.807) is 6.20 Å². The van der Waals surface area contributed by atoms with Crippen molar-refractivity contribution < 1.29 is 9.90 Å². The van der Waals surface area contributed by atoms with Crippen LogP contribution in [0, 0.1) is 5.92 Å². The van der Waals surface area contributed by atoms with Gasteiger partial charge in [-0.05, 0) is 12.5 Å². The van der Waals surface area contributed by atoms with Gasteiger partial charge in [-0.2, -0.15) is 0 Å². The smallest absolute Gasteiger partial charge is 0.225 e. The number of carbonyl (C=O) groups is 1. The summed E-state index contributed by atoms with van der Waals surface area (Å²) < 4.78 is 2.02. The predicted octanol–water partition coefficient (Wildman–Crippen LogP) is 1.03. The lowest BCUT2D eigenvalue weighted by Crippen LogP contribution is -2.51. The van der Waals surface area contributed by atoms with Crippen molar-refractivity contribution in [1.29, 1.82) is 0 Å². The average molecular weight is 308 g/mol. The highest BCUT2D eigenvalue weighted by atomic mass is 16.3. The Labute approximate surface area is 132 Å². The van der Waals surface area contributed by atoms with Crippen molar-refractivity contribution >= 4 is 5.91 Å². The van der Waals surface area contributed by atoms with Gasteiger partial charge in [-0.25, -0.2) is 4.98 Å². The van der Waals surface area contributed by atoms with Crippen molar-refractivity contribution in [2.45, 2.75) is 39.3 Å². The molecule has 0 radical (unpaired) electrons. The number of piperazine rings is 1. The molecule has 22 heavy (non-hydrogen) atoms. The summed E-state index contributed by atoms with van der Waals surface area (Å²) in [4.78, 5) is 21.1. The number of hydrogen-bond acceptors (Lipinski definition) is 4. The summed E-state index contributed by atoms with van der Waals surface area (Å²) in [5.41, 5.74) is 0. The topological polar surface area (TPSA) is 61.6 Å². The minimum Gasteiger partial charge on any atom is -0.392 e. The van der Waals surface area contributed by atoms with Gasteiger partial charge in [-0.15, -0.1) is 0 Å². The molecule has 1 aromatic heterocycles. The van der Waals surface area contributed by atoms with E-state index in [2.05, 4.69) is 16.8 Å². The number of likely N-dealkylation sites (N-methyl/N-ethyl adjacent to an activating group) is 1. The van der Waals surface area contributed by atoms with Crippen LogP contribution in [0.3, 0.4) is 0 Å². The molecule has 0 aliphatic carbocycles. The van der Waals surface area contributed by atoms with E-state index in [0.29, 0.717) is 6.54 Å². The maximum absolute atomic E-state index is 12.4. The van der Waals surface area contributed by atoms with Crippen LogP contribution in [-0.2, 0) is 11.8 Å². The van der Waals surface area contributed by atoms with E-state index in [-0.39, 0.29) is 24.3 Å². The molecular weight excluding hydrogens is 280 g/mol. The van der Waals surface area contributed by atoms with E-state index >= 15 is 0 Å². The summed E-state index contributed by atoms with van der Waals surface area (Å²) >= 11 is 0. The van der Waals surface area contributed by atoms with Gasteiger partial charge in [0.2, 0.25) is 5.91 Å². The van der Waals surface area contributed by atoms with Crippen LogP contribution in [-0.4, -0.2) is 62.6 Å².